The molecular formula is C11H12F2N2O2. The number of rotatable bonds is 4. The van der Waals surface area contributed by atoms with Gasteiger partial charge in [-0.3, -0.25) is 0 Å². The fourth-order valence-corrected chi connectivity index (χ4v) is 1.34. The van der Waals surface area contributed by atoms with Crippen LogP contribution in [-0.2, 0) is 0 Å². The summed E-state index contributed by atoms with van der Waals surface area (Å²) in [4.78, 5) is 11.4. The summed E-state index contributed by atoms with van der Waals surface area (Å²) in [7, 11) is 0. The van der Waals surface area contributed by atoms with Gasteiger partial charge in [0.1, 0.15) is 5.75 Å². The van der Waals surface area contributed by atoms with Crippen LogP contribution in [0.1, 0.15) is 12.8 Å². The highest BCUT2D eigenvalue weighted by atomic mass is 19.3. The van der Waals surface area contributed by atoms with Gasteiger partial charge in [0.05, 0.1) is 5.69 Å². The van der Waals surface area contributed by atoms with Crippen molar-refractivity contribution >= 4 is 11.7 Å². The van der Waals surface area contributed by atoms with Crippen LogP contribution in [-0.4, -0.2) is 18.7 Å². The van der Waals surface area contributed by atoms with E-state index in [2.05, 4.69) is 15.4 Å². The monoisotopic (exact) mass is 242 g/mol. The number of amides is 2. The van der Waals surface area contributed by atoms with Gasteiger partial charge in [0, 0.05) is 6.04 Å². The standard InChI is InChI=1S/C11H12F2N2O2/c12-10(13)17-9-4-2-1-3-8(9)15-11(16)14-7-5-6-7/h1-4,7,10H,5-6H2,(H2,14,15,16). The minimum atomic E-state index is -2.91. The summed E-state index contributed by atoms with van der Waals surface area (Å²) in [6.07, 6.45) is 1.92. The predicted octanol–water partition coefficient (Wildman–Crippen LogP) is 2.57. The second kappa shape index (κ2) is 4.99. The smallest absolute Gasteiger partial charge is 0.387 e. The van der Waals surface area contributed by atoms with E-state index in [1.165, 1.54) is 12.1 Å². The van der Waals surface area contributed by atoms with E-state index in [0.717, 1.165) is 12.8 Å². The fourth-order valence-electron chi connectivity index (χ4n) is 1.34. The van der Waals surface area contributed by atoms with Crippen LogP contribution >= 0.6 is 0 Å². The van der Waals surface area contributed by atoms with Gasteiger partial charge in [0.15, 0.2) is 0 Å². The van der Waals surface area contributed by atoms with Gasteiger partial charge >= 0.3 is 12.6 Å². The van der Waals surface area contributed by atoms with Crippen LogP contribution in [0.3, 0.4) is 0 Å². The Bertz CT molecular complexity index is 408. The zero-order valence-electron chi connectivity index (χ0n) is 8.95. The lowest BCUT2D eigenvalue weighted by Crippen LogP contribution is -2.30. The number of ether oxygens (including phenoxy) is 1. The number of anilines is 1. The lowest BCUT2D eigenvalue weighted by atomic mass is 10.3. The molecule has 0 bridgehead atoms. The van der Waals surface area contributed by atoms with Gasteiger partial charge in [0.25, 0.3) is 0 Å². The Morgan fingerprint density at radius 2 is 2.06 bits per heavy atom. The van der Waals surface area contributed by atoms with Crippen LogP contribution in [0.25, 0.3) is 0 Å². The van der Waals surface area contributed by atoms with Gasteiger partial charge in [-0.1, -0.05) is 12.1 Å². The molecule has 0 spiro atoms. The molecule has 17 heavy (non-hydrogen) atoms. The van der Waals surface area contributed by atoms with E-state index in [1.807, 2.05) is 0 Å². The van der Waals surface area contributed by atoms with Gasteiger partial charge in [-0.05, 0) is 25.0 Å². The Hall–Kier alpha value is -1.85. The highest BCUT2D eigenvalue weighted by Gasteiger charge is 2.23. The summed E-state index contributed by atoms with van der Waals surface area (Å²) in [5.41, 5.74) is 0.228. The second-order valence-electron chi connectivity index (χ2n) is 3.75. The number of carbonyl (C=O) groups excluding carboxylic acids is 1. The lowest BCUT2D eigenvalue weighted by Gasteiger charge is -2.11. The summed E-state index contributed by atoms with van der Waals surface area (Å²) < 4.78 is 28.5. The van der Waals surface area contributed by atoms with Gasteiger partial charge < -0.3 is 15.4 Å². The lowest BCUT2D eigenvalue weighted by molar-refractivity contribution is -0.0493. The zero-order valence-corrected chi connectivity index (χ0v) is 8.95. The third-order valence-electron chi connectivity index (χ3n) is 2.26. The summed E-state index contributed by atoms with van der Waals surface area (Å²) >= 11 is 0. The second-order valence-corrected chi connectivity index (χ2v) is 3.75. The van der Waals surface area contributed by atoms with E-state index in [0.29, 0.717) is 0 Å². The summed E-state index contributed by atoms with van der Waals surface area (Å²) in [5.74, 6) is -0.0477. The predicted molar refractivity (Wildman–Crippen MR) is 58.3 cm³/mol. The largest absolute Gasteiger partial charge is 0.433 e. The topological polar surface area (TPSA) is 50.4 Å². The van der Waals surface area contributed by atoms with Crippen LogP contribution in [0.2, 0.25) is 0 Å². The van der Waals surface area contributed by atoms with Crippen LogP contribution in [0.15, 0.2) is 24.3 Å². The summed E-state index contributed by atoms with van der Waals surface area (Å²) in [5, 5.41) is 5.17. The Morgan fingerprint density at radius 3 is 2.71 bits per heavy atom. The van der Waals surface area contributed by atoms with Crippen molar-refractivity contribution in [2.24, 2.45) is 0 Å². The number of hydrogen-bond donors (Lipinski definition) is 2. The van der Waals surface area contributed by atoms with E-state index < -0.39 is 12.6 Å². The number of hydrogen-bond acceptors (Lipinski definition) is 2. The molecule has 1 aliphatic carbocycles. The molecule has 2 N–H and O–H groups in total. The molecule has 2 amide bonds. The average molecular weight is 242 g/mol. The van der Waals surface area contributed by atoms with E-state index in [1.54, 1.807) is 12.1 Å². The number of urea groups is 1. The molecule has 0 aliphatic heterocycles. The maximum absolute atomic E-state index is 12.1. The molecule has 0 unspecified atom stereocenters. The van der Waals surface area contributed by atoms with Crippen molar-refractivity contribution in [1.82, 2.24) is 5.32 Å². The quantitative estimate of drug-likeness (QED) is 0.852. The molecule has 1 saturated carbocycles. The van der Waals surface area contributed by atoms with Crippen molar-refractivity contribution in [2.45, 2.75) is 25.5 Å². The normalized spacial score (nSPS) is 14.5. The highest BCUT2D eigenvalue weighted by molar-refractivity contribution is 5.91. The molecule has 2 rings (SSSR count). The summed E-state index contributed by atoms with van der Waals surface area (Å²) in [6.45, 7) is -2.91. The average Bonchev–Trinajstić information content (AvgIpc) is 3.04. The van der Waals surface area contributed by atoms with Crippen molar-refractivity contribution in [3.63, 3.8) is 0 Å². The molecule has 1 aliphatic rings. The first-order valence-electron chi connectivity index (χ1n) is 5.26. The van der Waals surface area contributed by atoms with E-state index in [-0.39, 0.29) is 17.5 Å². The molecule has 1 aromatic rings. The first-order chi connectivity index (χ1) is 8.15. The van der Waals surface area contributed by atoms with E-state index >= 15 is 0 Å². The SMILES string of the molecule is O=C(Nc1ccccc1OC(F)F)NC1CC1. The number of benzene rings is 1. The minimum absolute atomic E-state index is 0.0477. The van der Waals surface area contributed by atoms with Crippen molar-refractivity contribution in [1.29, 1.82) is 0 Å². The van der Waals surface area contributed by atoms with Gasteiger partial charge in [-0.25, -0.2) is 4.79 Å². The number of halogens is 2. The maximum Gasteiger partial charge on any atom is 0.387 e. The van der Waals surface area contributed by atoms with Gasteiger partial charge in [0.2, 0.25) is 0 Å². The number of nitrogens with one attached hydrogen (secondary N) is 2. The van der Waals surface area contributed by atoms with Crippen molar-refractivity contribution < 1.29 is 18.3 Å². The first kappa shape index (κ1) is 11.6. The molecule has 4 nitrogen and oxygen atoms in total. The van der Waals surface area contributed by atoms with Crippen LogP contribution in [0.5, 0.6) is 5.75 Å². The van der Waals surface area contributed by atoms with Gasteiger partial charge in [-0.2, -0.15) is 8.78 Å². The molecule has 0 atom stereocenters. The molecule has 6 heteroatoms. The molecule has 0 saturated heterocycles. The third-order valence-corrected chi connectivity index (χ3v) is 2.26. The Morgan fingerprint density at radius 1 is 1.35 bits per heavy atom. The third kappa shape index (κ3) is 3.58. The molecule has 1 fully saturated rings. The number of carbonyl (C=O) groups is 1. The minimum Gasteiger partial charge on any atom is -0.433 e. The number of para-hydroxylation sites is 2. The Labute approximate surface area is 97.0 Å². The zero-order chi connectivity index (χ0) is 12.3. The highest BCUT2D eigenvalue weighted by Crippen LogP contribution is 2.26. The van der Waals surface area contributed by atoms with Crippen molar-refractivity contribution in [3.8, 4) is 5.75 Å². The molecule has 0 aromatic heterocycles. The summed E-state index contributed by atoms with van der Waals surface area (Å²) in [6, 6.07) is 5.87. The van der Waals surface area contributed by atoms with E-state index in [4.69, 9.17) is 0 Å². The van der Waals surface area contributed by atoms with Crippen LogP contribution in [0.4, 0.5) is 19.3 Å². The van der Waals surface area contributed by atoms with E-state index in [9.17, 15) is 13.6 Å². The molecule has 92 valence electrons. The maximum atomic E-state index is 12.1. The Kier molecular flexibility index (Phi) is 3.41. The van der Waals surface area contributed by atoms with Crippen LogP contribution in [0, 0.1) is 0 Å². The van der Waals surface area contributed by atoms with Crippen molar-refractivity contribution in [2.75, 3.05) is 5.32 Å². The number of alkyl halides is 2. The van der Waals surface area contributed by atoms with Crippen molar-refractivity contribution in [3.05, 3.63) is 24.3 Å². The molecule has 0 heterocycles. The Balaban J connectivity index is 2.00. The van der Waals surface area contributed by atoms with Crippen LogP contribution < -0.4 is 15.4 Å². The molecule has 1 aromatic carbocycles. The van der Waals surface area contributed by atoms with Gasteiger partial charge in [-0.15, -0.1) is 0 Å². The first-order valence-corrected chi connectivity index (χ1v) is 5.26. The fraction of sp³-hybridized carbons (Fsp3) is 0.364. The molecule has 0 radical (unpaired) electrons. The molecular weight excluding hydrogens is 230 g/mol.